The first-order valence-corrected chi connectivity index (χ1v) is 7.31. The second kappa shape index (κ2) is 8.46. The quantitative estimate of drug-likeness (QED) is 0.735. The number of hydrogen-bond donors (Lipinski definition) is 1. The monoisotopic (exact) mass is 294 g/mol. The molecule has 2 N–H and O–H groups in total. The summed E-state index contributed by atoms with van der Waals surface area (Å²) in [4.78, 5) is 20.7. The van der Waals surface area contributed by atoms with Crippen molar-refractivity contribution in [3.63, 3.8) is 0 Å². The van der Waals surface area contributed by atoms with Crippen LogP contribution >= 0.6 is 0 Å². The Morgan fingerprint density at radius 1 is 1.29 bits per heavy atom. The Bertz CT molecular complexity index is 463. The highest BCUT2D eigenvalue weighted by molar-refractivity contribution is 5.95. The summed E-state index contributed by atoms with van der Waals surface area (Å²) in [5, 5.41) is 0. The van der Waals surface area contributed by atoms with Crippen LogP contribution in [0.2, 0.25) is 0 Å². The lowest BCUT2D eigenvalue weighted by molar-refractivity contribution is 0.0526. The predicted molar refractivity (Wildman–Crippen MR) is 85.7 cm³/mol. The normalized spacial score (nSPS) is 10.7. The van der Waals surface area contributed by atoms with Gasteiger partial charge in [0.05, 0.1) is 18.5 Å². The lowest BCUT2D eigenvalue weighted by Crippen LogP contribution is -2.34. The van der Waals surface area contributed by atoms with Crippen molar-refractivity contribution in [1.82, 2.24) is 9.88 Å². The number of pyridine rings is 1. The van der Waals surface area contributed by atoms with E-state index in [1.165, 1.54) is 0 Å². The number of rotatable bonds is 8. The molecule has 0 aliphatic rings. The molecule has 1 rings (SSSR count). The van der Waals surface area contributed by atoms with Crippen LogP contribution in [0.5, 0.6) is 0 Å². The molecule has 0 aliphatic carbocycles. The van der Waals surface area contributed by atoms with Gasteiger partial charge in [0.1, 0.15) is 11.4 Å². The minimum Gasteiger partial charge on any atom is -0.462 e. The van der Waals surface area contributed by atoms with Crippen LogP contribution in [-0.2, 0) is 4.74 Å². The lowest BCUT2D eigenvalue weighted by atomic mass is 10.2. The first-order valence-electron chi connectivity index (χ1n) is 7.31. The van der Waals surface area contributed by atoms with Gasteiger partial charge in [-0.05, 0) is 33.5 Å². The van der Waals surface area contributed by atoms with E-state index in [1.807, 2.05) is 14.1 Å². The molecular formula is C15H26N4O2. The van der Waals surface area contributed by atoms with Crippen molar-refractivity contribution < 1.29 is 9.53 Å². The third kappa shape index (κ3) is 5.23. The van der Waals surface area contributed by atoms with E-state index in [4.69, 9.17) is 10.5 Å². The van der Waals surface area contributed by atoms with Crippen LogP contribution in [0.1, 0.15) is 30.6 Å². The van der Waals surface area contributed by atoms with Gasteiger partial charge in [0.15, 0.2) is 0 Å². The van der Waals surface area contributed by atoms with Gasteiger partial charge in [-0.15, -0.1) is 0 Å². The van der Waals surface area contributed by atoms with Crippen LogP contribution in [0.4, 0.5) is 11.5 Å². The highest BCUT2D eigenvalue weighted by atomic mass is 16.5. The molecule has 0 fully saturated rings. The number of nitrogen functional groups attached to an aromatic ring is 1. The van der Waals surface area contributed by atoms with Gasteiger partial charge in [0.2, 0.25) is 0 Å². The number of anilines is 2. The van der Waals surface area contributed by atoms with Crippen LogP contribution in [0, 0.1) is 0 Å². The van der Waals surface area contributed by atoms with E-state index < -0.39 is 0 Å². The van der Waals surface area contributed by atoms with Crippen LogP contribution in [-0.4, -0.2) is 56.2 Å². The number of hydrogen-bond acceptors (Lipinski definition) is 6. The summed E-state index contributed by atoms with van der Waals surface area (Å²) in [5.74, 6) is 0.268. The minimum absolute atomic E-state index is 0.332. The summed E-state index contributed by atoms with van der Waals surface area (Å²) in [6.45, 7) is 6.73. The van der Waals surface area contributed by atoms with Crippen molar-refractivity contribution >= 4 is 17.5 Å². The van der Waals surface area contributed by atoms with E-state index >= 15 is 0 Å². The molecule has 6 nitrogen and oxygen atoms in total. The summed E-state index contributed by atoms with van der Waals surface area (Å²) in [6.07, 6.45) is 2.55. The highest BCUT2D eigenvalue weighted by Gasteiger charge is 2.19. The zero-order chi connectivity index (χ0) is 15.8. The zero-order valence-electron chi connectivity index (χ0n) is 13.4. The number of carbonyl (C=O) groups is 1. The van der Waals surface area contributed by atoms with E-state index in [2.05, 4.69) is 21.7 Å². The average molecular weight is 294 g/mol. The van der Waals surface area contributed by atoms with Crippen LogP contribution in [0.15, 0.2) is 12.3 Å². The minimum atomic E-state index is -0.377. The molecule has 21 heavy (non-hydrogen) atoms. The Balaban J connectivity index is 3.07. The Kier molecular flexibility index (Phi) is 6.94. The van der Waals surface area contributed by atoms with Crippen molar-refractivity contribution in [3.8, 4) is 0 Å². The second-order valence-corrected chi connectivity index (χ2v) is 5.15. The molecule has 0 spiro atoms. The molecular weight excluding hydrogens is 268 g/mol. The van der Waals surface area contributed by atoms with E-state index in [-0.39, 0.29) is 5.97 Å². The molecule has 0 saturated heterocycles. The Labute approximate surface area is 126 Å². The Morgan fingerprint density at radius 2 is 2.00 bits per heavy atom. The summed E-state index contributed by atoms with van der Waals surface area (Å²) in [6, 6.07) is 1.64. The van der Waals surface area contributed by atoms with Crippen LogP contribution in [0.3, 0.4) is 0 Å². The number of nitrogens with two attached hydrogens (primary N) is 1. The van der Waals surface area contributed by atoms with E-state index in [0.717, 1.165) is 26.1 Å². The average Bonchev–Trinajstić information content (AvgIpc) is 2.43. The number of carbonyl (C=O) groups excluding carboxylic acids is 1. The molecule has 0 amide bonds. The van der Waals surface area contributed by atoms with E-state index in [9.17, 15) is 4.79 Å². The van der Waals surface area contributed by atoms with Gasteiger partial charge in [0, 0.05) is 19.6 Å². The van der Waals surface area contributed by atoms with E-state index in [0.29, 0.717) is 23.7 Å². The van der Waals surface area contributed by atoms with Crippen molar-refractivity contribution in [2.45, 2.75) is 20.3 Å². The summed E-state index contributed by atoms with van der Waals surface area (Å²) in [5.41, 5.74) is 6.66. The first kappa shape index (κ1) is 17.2. The smallest absolute Gasteiger partial charge is 0.341 e. The summed E-state index contributed by atoms with van der Waals surface area (Å²) in [7, 11) is 4.04. The largest absolute Gasteiger partial charge is 0.462 e. The Morgan fingerprint density at radius 3 is 2.57 bits per heavy atom. The fourth-order valence-electron chi connectivity index (χ4n) is 2.00. The molecule has 0 atom stereocenters. The molecule has 0 bridgehead atoms. The van der Waals surface area contributed by atoms with Gasteiger partial charge in [-0.25, -0.2) is 9.78 Å². The van der Waals surface area contributed by atoms with Gasteiger partial charge < -0.3 is 20.3 Å². The highest BCUT2D eigenvalue weighted by Crippen LogP contribution is 2.21. The number of ether oxygens (including phenoxy) is 1. The SMILES string of the molecule is CCCN(CCN(C)C)c1ncc(N)cc1C(=O)OCC. The fraction of sp³-hybridized carbons (Fsp3) is 0.600. The molecule has 0 saturated carbocycles. The standard InChI is InChI=1S/C15H26N4O2/c1-5-7-19(9-8-18(3)4)14-13(15(20)21-6-2)10-12(16)11-17-14/h10-11H,5-9,16H2,1-4H3. The maximum absolute atomic E-state index is 12.1. The lowest BCUT2D eigenvalue weighted by Gasteiger charge is -2.26. The van der Waals surface area contributed by atoms with Gasteiger partial charge >= 0.3 is 5.97 Å². The van der Waals surface area contributed by atoms with Crippen LogP contribution < -0.4 is 10.6 Å². The van der Waals surface area contributed by atoms with Gasteiger partial charge in [0.25, 0.3) is 0 Å². The maximum atomic E-state index is 12.1. The third-order valence-corrected chi connectivity index (χ3v) is 2.99. The molecule has 0 aromatic carbocycles. The van der Waals surface area contributed by atoms with Gasteiger partial charge in [-0.2, -0.15) is 0 Å². The fourth-order valence-corrected chi connectivity index (χ4v) is 2.00. The molecule has 0 unspecified atom stereocenters. The van der Waals surface area contributed by atoms with Crippen LogP contribution in [0.25, 0.3) is 0 Å². The summed E-state index contributed by atoms with van der Waals surface area (Å²) >= 11 is 0. The molecule has 118 valence electrons. The third-order valence-electron chi connectivity index (χ3n) is 2.99. The molecule has 1 aromatic rings. The number of esters is 1. The first-order chi connectivity index (χ1) is 9.99. The molecule has 1 heterocycles. The second-order valence-electron chi connectivity index (χ2n) is 5.15. The van der Waals surface area contributed by atoms with Crippen molar-refractivity contribution in [2.75, 3.05) is 51.0 Å². The van der Waals surface area contributed by atoms with Crippen molar-refractivity contribution in [2.24, 2.45) is 0 Å². The number of aromatic nitrogens is 1. The van der Waals surface area contributed by atoms with E-state index in [1.54, 1.807) is 19.2 Å². The molecule has 0 aliphatic heterocycles. The van der Waals surface area contributed by atoms with Crippen molar-refractivity contribution in [1.29, 1.82) is 0 Å². The topological polar surface area (TPSA) is 71.7 Å². The van der Waals surface area contributed by atoms with Gasteiger partial charge in [-0.1, -0.05) is 6.92 Å². The van der Waals surface area contributed by atoms with Crippen molar-refractivity contribution in [3.05, 3.63) is 17.8 Å². The van der Waals surface area contributed by atoms with Gasteiger partial charge in [-0.3, -0.25) is 0 Å². The number of nitrogens with zero attached hydrogens (tertiary/aromatic N) is 3. The zero-order valence-corrected chi connectivity index (χ0v) is 13.4. The predicted octanol–water partition coefficient (Wildman–Crippen LogP) is 1.62. The summed E-state index contributed by atoms with van der Waals surface area (Å²) < 4.78 is 5.11. The number of likely N-dealkylation sites (N-methyl/N-ethyl adjacent to an activating group) is 1. The Hall–Kier alpha value is -1.82. The molecule has 1 aromatic heterocycles. The molecule has 0 radical (unpaired) electrons. The molecule has 6 heteroatoms. The maximum Gasteiger partial charge on any atom is 0.341 e.